The van der Waals surface area contributed by atoms with Crippen LogP contribution < -0.4 is 5.32 Å². The van der Waals surface area contributed by atoms with Crippen LogP contribution in [0.25, 0.3) is 82.8 Å². The van der Waals surface area contributed by atoms with Crippen LogP contribution >= 0.6 is 0 Å². The van der Waals surface area contributed by atoms with Gasteiger partial charge in [-0.2, -0.15) is 0 Å². The van der Waals surface area contributed by atoms with E-state index in [0.29, 0.717) is 5.84 Å². The zero-order valence-electron chi connectivity index (χ0n) is 33.6. The van der Waals surface area contributed by atoms with E-state index in [-0.39, 0.29) is 0 Å². The number of benzene rings is 9. The molecule has 1 aliphatic rings. The Morgan fingerprint density at radius 3 is 1.73 bits per heavy atom. The molecule has 5 heteroatoms. The molecule has 1 aliphatic heterocycles. The van der Waals surface area contributed by atoms with Gasteiger partial charge in [-0.15, -0.1) is 0 Å². The van der Waals surface area contributed by atoms with E-state index in [1.165, 1.54) is 21.9 Å². The number of furan rings is 1. The molecule has 0 saturated carbocycles. The van der Waals surface area contributed by atoms with E-state index in [4.69, 9.17) is 14.4 Å². The van der Waals surface area contributed by atoms with Crippen molar-refractivity contribution in [2.24, 2.45) is 9.98 Å². The smallest absolute Gasteiger partial charge is 0.159 e. The third kappa shape index (κ3) is 6.18. The number of hydrogen-bond acceptors (Lipinski definition) is 4. The number of nitrogens with zero attached hydrogens (tertiary/aromatic N) is 3. The lowest BCUT2D eigenvalue weighted by atomic mass is 9.96. The quantitative estimate of drug-likeness (QED) is 0.175. The predicted molar refractivity (Wildman–Crippen MR) is 256 cm³/mol. The van der Waals surface area contributed by atoms with Crippen LogP contribution in [-0.2, 0) is 0 Å². The molecule has 3 heterocycles. The Labute approximate surface area is 358 Å². The molecule has 5 nitrogen and oxygen atoms in total. The average Bonchev–Trinajstić information content (AvgIpc) is 3.89. The van der Waals surface area contributed by atoms with Crippen molar-refractivity contribution in [1.82, 2.24) is 9.88 Å². The van der Waals surface area contributed by atoms with Gasteiger partial charge in [0.25, 0.3) is 0 Å². The van der Waals surface area contributed by atoms with Gasteiger partial charge in [0.05, 0.1) is 11.0 Å². The molecule has 0 bridgehead atoms. The Balaban J connectivity index is 1.04. The van der Waals surface area contributed by atoms with Crippen LogP contribution in [0, 0.1) is 0 Å². The summed E-state index contributed by atoms with van der Waals surface area (Å²) in [6, 6.07) is 76.8. The van der Waals surface area contributed by atoms with Crippen LogP contribution in [0.15, 0.2) is 233 Å². The highest BCUT2D eigenvalue weighted by atomic mass is 16.3. The molecule has 0 saturated heterocycles. The minimum Gasteiger partial charge on any atom is -0.456 e. The van der Waals surface area contributed by atoms with Crippen molar-refractivity contribution in [2.45, 2.75) is 6.17 Å². The maximum atomic E-state index is 6.95. The molecule has 9 aromatic carbocycles. The fourth-order valence-corrected chi connectivity index (χ4v) is 9.09. The first-order valence-electron chi connectivity index (χ1n) is 21.0. The molecule has 11 aromatic rings. The first-order valence-corrected chi connectivity index (χ1v) is 21.0. The molecule has 0 radical (unpaired) electrons. The predicted octanol–water partition coefficient (Wildman–Crippen LogP) is 14.2. The van der Waals surface area contributed by atoms with Crippen LogP contribution in [0.1, 0.15) is 22.9 Å². The van der Waals surface area contributed by atoms with E-state index >= 15 is 0 Å². The average molecular weight is 795 g/mol. The molecule has 292 valence electrons. The summed E-state index contributed by atoms with van der Waals surface area (Å²) in [5.74, 6) is 1.43. The molecule has 0 amide bonds. The number of rotatable bonds is 7. The second-order valence-corrected chi connectivity index (χ2v) is 15.8. The summed E-state index contributed by atoms with van der Waals surface area (Å²) in [5, 5.41) is 8.24. The highest BCUT2D eigenvalue weighted by Crippen LogP contribution is 2.41. The van der Waals surface area contributed by atoms with Gasteiger partial charge >= 0.3 is 0 Å². The highest BCUT2D eigenvalue weighted by molar-refractivity contribution is 6.15. The normalized spacial score (nSPS) is 14.0. The van der Waals surface area contributed by atoms with Gasteiger partial charge in [-0.1, -0.05) is 164 Å². The number of amidine groups is 2. The number of para-hydroxylation sites is 1. The van der Waals surface area contributed by atoms with Gasteiger partial charge in [0.1, 0.15) is 23.2 Å². The van der Waals surface area contributed by atoms with Crippen molar-refractivity contribution < 1.29 is 4.42 Å². The number of aromatic nitrogens is 1. The van der Waals surface area contributed by atoms with Crippen molar-refractivity contribution in [1.29, 1.82) is 0 Å². The van der Waals surface area contributed by atoms with Crippen LogP contribution in [0.5, 0.6) is 0 Å². The molecule has 2 aromatic heterocycles. The third-order valence-corrected chi connectivity index (χ3v) is 12.0. The molecule has 12 rings (SSSR count). The fourth-order valence-electron chi connectivity index (χ4n) is 9.09. The van der Waals surface area contributed by atoms with Gasteiger partial charge in [-0.05, 0) is 81.9 Å². The Bertz CT molecular complexity index is 3530. The maximum absolute atomic E-state index is 6.95. The minimum atomic E-state index is -0.471. The summed E-state index contributed by atoms with van der Waals surface area (Å²) in [5.41, 5.74) is 14.7. The van der Waals surface area contributed by atoms with Gasteiger partial charge in [0.2, 0.25) is 0 Å². The van der Waals surface area contributed by atoms with Crippen LogP contribution in [0.2, 0.25) is 0 Å². The van der Waals surface area contributed by atoms with Crippen molar-refractivity contribution in [2.75, 3.05) is 0 Å². The van der Waals surface area contributed by atoms with E-state index in [9.17, 15) is 0 Å². The van der Waals surface area contributed by atoms with E-state index in [2.05, 4.69) is 198 Å². The second kappa shape index (κ2) is 14.8. The SMILES string of the molecule is c1ccc(C2=NC(c3cccc(-c4ccccc4)c3)=NC(c3cc(-c4ccccc4)cc4oc5cc(-n6c7ccccc7c7cc(-c8ccccc8)ccc76)ccc5c34)N2)cc1. The largest absolute Gasteiger partial charge is 0.456 e. The Kier molecular flexibility index (Phi) is 8.49. The molecule has 62 heavy (non-hydrogen) atoms. The zero-order valence-corrected chi connectivity index (χ0v) is 33.6. The van der Waals surface area contributed by atoms with Crippen LogP contribution in [0.4, 0.5) is 0 Å². The van der Waals surface area contributed by atoms with Crippen molar-refractivity contribution in [3.05, 3.63) is 235 Å². The number of fused-ring (bicyclic) bond motifs is 6. The lowest BCUT2D eigenvalue weighted by Crippen LogP contribution is -2.33. The summed E-state index contributed by atoms with van der Waals surface area (Å²) in [4.78, 5) is 10.6. The van der Waals surface area contributed by atoms with Crippen molar-refractivity contribution >= 4 is 55.4 Å². The highest BCUT2D eigenvalue weighted by Gasteiger charge is 2.26. The van der Waals surface area contributed by atoms with E-state index in [1.54, 1.807) is 0 Å². The maximum Gasteiger partial charge on any atom is 0.159 e. The minimum absolute atomic E-state index is 0.471. The molecule has 0 aliphatic carbocycles. The third-order valence-electron chi connectivity index (χ3n) is 12.0. The van der Waals surface area contributed by atoms with Gasteiger partial charge in [0, 0.05) is 50.0 Å². The molecule has 1 unspecified atom stereocenters. The molecule has 0 spiro atoms. The fraction of sp³-hybridized carbons (Fsp3) is 0.0175. The molecule has 1 atom stereocenters. The van der Waals surface area contributed by atoms with Gasteiger partial charge in [-0.25, -0.2) is 9.98 Å². The molecular formula is C57H38N4O. The molecular weight excluding hydrogens is 757 g/mol. The summed E-state index contributed by atoms with van der Waals surface area (Å²) in [6.45, 7) is 0. The summed E-state index contributed by atoms with van der Waals surface area (Å²) in [7, 11) is 0. The zero-order chi connectivity index (χ0) is 41.0. The summed E-state index contributed by atoms with van der Waals surface area (Å²) >= 11 is 0. The Morgan fingerprint density at radius 2 is 1.00 bits per heavy atom. The number of nitrogens with one attached hydrogen (secondary N) is 1. The van der Waals surface area contributed by atoms with E-state index in [0.717, 1.165) is 83.4 Å². The van der Waals surface area contributed by atoms with Gasteiger partial charge < -0.3 is 14.3 Å². The number of hydrogen-bond donors (Lipinski definition) is 1. The lowest BCUT2D eigenvalue weighted by Gasteiger charge is -2.25. The Hall–Kier alpha value is -8.28. The van der Waals surface area contributed by atoms with Crippen LogP contribution in [0.3, 0.4) is 0 Å². The van der Waals surface area contributed by atoms with Crippen LogP contribution in [-0.4, -0.2) is 16.2 Å². The monoisotopic (exact) mass is 794 g/mol. The molecule has 1 N–H and O–H groups in total. The van der Waals surface area contributed by atoms with Gasteiger partial charge in [0.15, 0.2) is 5.84 Å². The number of aliphatic imine (C=N–C) groups is 2. The Morgan fingerprint density at radius 1 is 0.403 bits per heavy atom. The topological polar surface area (TPSA) is 54.8 Å². The first kappa shape index (κ1) is 35.6. The second-order valence-electron chi connectivity index (χ2n) is 15.8. The van der Waals surface area contributed by atoms with Gasteiger partial charge in [-0.3, -0.25) is 0 Å². The first-order chi connectivity index (χ1) is 30.7. The van der Waals surface area contributed by atoms with Crippen molar-refractivity contribution in [3.63, 3.8) is 0 Å². The standard InChI is InChI=1S/C57H38N4O/c1-5-16-37(17-6-1)41-24-15-25-43(32-41)56-58-55(40-22-11-4-12-23-40)59-57(60-56)49-34-44(39-20-9-3-10-21-39)35-53-54(49)47-30-29-45(36-52(47)62-53)61-50-27-14-13-26-46(50)48-33-42(28-31-51(48)61)38-18-7-2-8-19-38/h1-36,57H,(H,58,59,60). The van der Waals surface area contributed by atoms with Crippen molar-refractivity contribution in [3.8, 4) is 39.1 Å². The van der Waals surface area contributed by atoms with E-state index < -0.39 is 6.17 Å². The van der Waals surface area contributed by atoms with E-state index in [1.807, 2.05) is 30.3 Å². The summed E-state index contributed by atoms with van der Waals surface area (Å²) < 4.78 is 9.31. The summed E-state index contributed by atoms with van der Waals surface area (Å²) in [6.07, 6.45) is -0.471. The molecule has 0 fully saturated rings. The lowest BCUT2D eigenvalue weighted by molar-refractivity contribution is 0.662.